The number of carbonyl (C=O) groups is 2. The first-order chi connectivity index (χ1) is 9.29. The maximum atomic E-state index is 12.0. The molecule has 0 aliphatic carbocycles. The molecule has 1 rings (SSSR count). The number of pyridine rings is 1. The lowest BCUT2D eigenvalue weighted by Crippen LogP contribution is -2.45. The highest BCUT2D eigenvalue weighted by Crippen LogP contribution is 2.31. The first kappa shape index (κ1) is 17.0. The van der Waals surface area contributed by atoms with E-state index in [0.29, 0.717) is 6.42 Å². The summed E-state index contributed by atoms with van der Waals surface area (Å²) < 4.78 is 0. The molecule has 1 aromatic heterocycles. The minimum Gasteiger partial charge on any atom is -0.480 e. The SMILES string of the molecule is CC[C@H](C)[C@H](NC(=O)c1ncc(Cl)c(Cl)c1Cl)C(=O)O. The van der Waals surface area contributed by atoms with Crippen molar-refractivity contribution < 1.29 is 14.7 Å². The van der Waals surface area contributed by atoms with Gasteiger partial charge in [0, 0.05) is 6.20 Å². The molecule has 1 aromatic rings. The van der Waals surface area contributed by atoms with E-state index in [4.69, 9.17) is 39.9 Å². The Morgan fingerprint density at radius 3 is 2.45 bits per heavy atom. The first-order valence-corrected chi connectivity index (χ1v) is 6.96. The number of nitrogens with zero attached hydrogens (tertiary/aromatic N) is 1. The van der Waals surface area contributed by atoms with E-state index < -0.39 is 17.9 Å². The maximum absolute atomic E-state index is 12.0. The van der Waals surface area contributed by atoms with Gasteiger partial charge in [-0.15, -0.1) is 0 Å². The minimum absolute atomic E-state index is 0.00361. The number of hydrogen-bond acceptors (Lipinski definition) is 3. The topological polar surface area (TPSA) is 79.3 Å². The zero-order valence-electron chi connectivity index (χ0n) is 10.8. The van der Waals surface area contributed by atoms with Gasteiger partial charge < -0.3 is 10.4 Å². The van der Waals surface area contributed by atoms with Gasteiger partial charge in [-0.25, -0.2) is 9.78 Å². The van der Waals surface area contributed by atoms with E-state index in [0.717, 1.165) is 0 Å². The lowest BCUT2D eigenvalue weighted by atomic mass is 9.99. The molecule has 8 heteroatoms. The van der Waals surface area contributed by atoms with Gasteiger partial charge in [-0.2, -0.15) is 0 Å². The highest BCUT2D eigenvalue weighted by molar-refractivity contribution is 6.48. The van der Waals surface area contributed by atoms with Gasteiger partial charge in [0.25, 0.3) is 5.91 Å². The largest absolute Gasteiger partial charge is 0.480 e. The summed E-state index contributed by atoms with van der Waals surface area (Å²) in [5, 5.41) is 11.5. The predicted octanol–water partition coefficient (Wildman–Crippen LogP) is 3.27. The molecule has 0 spiro atoms. The second-order valence-electron chi connectivity index (χ2n) is 4.26. The van der Waals surface area contributed by atoms with Crippen LogP contribution in [0.1, 0.15) is 30.8 Å². The highest BCUT2D eigenvalue weighted by atomic mass is 35.5. The predicted molar refractivity (Wildman–Crippen MR) is 77.6 cm³/mol. The summed E-state index contributed by atoms with van der Waals surface area (Å²) in [6.45, 7) is 3.56. The molecule has 110 valence electrons. The number of carboxylic acid groups (broad SMARTS) is 1. The first-order valence-electron chi connectivity index (χ1n) is 5.82. The quantitative estimate of drug-likeness (QED) is 0.863. The van der Waals surface area contributed by atoms with E-state index in [1.165, 1.54) is 6.20 Å². The number of carboxylic acids is 1. The fourth-order valence-corrected chi connectivity index (χ4v) is 2.06. The van der Waals surface area contributed by atoms with Crippen LogP contribution in [0.2, 0.25) is 15.1 Å². The van der Waals surface area contributed by atoms with Crippen LogP contribution in [-0.2, 0) is 4.79 Å². The van der Waals surface area contributed by atoms with Crippen molar-refractivity contribution in [2.45, 2.75) is 26.3 Å². The number of hydrogen-bond donors (Lipinski definition) is 2. The van der Waals surface area contributed by atoms with Gasteiger partial charge in [0.15, 0.2) is 0 Å². The number of rotatable bonds is 5. The van der Waals surface area contributed by atoms with E-state index in [-0.39, 0.29) is 26.7 Å². The number of aliphatic carboxylic acids is 1. The highest BCUT2D eigenvalue weighted by Gasteiger charge is 2.27. The Kier molecular flexibility index (Phi) is 6.05. The van der Waals surface area contributed by atoms with Crippen molar-refractivity contribution in [1.29, 1.82) is 0 Å². The van der Waals surface area contributed by atoms with Crippen LogP contribution in [0.25, 0.3) is 0 Å². The van der Waals surface area contributed by atoms with Crippen LogP contribution in [0.3, 0.4) is 0 Å². The molecule has 1 amide bonds. The smallest absolute Gasteiger partial charge is 0.326 e. The Morgan fingerprint density at radius 2 is 1.95 bits per heavy atom. The van der Waals surface area contributed by atoms with Crippen molar-refractivity contribution >= 4 is 46.7 Å². The summed E-state index contributed by atoms with van der Waals surface area (Å²) >= 11 is 17.4. The zero-order valence-corrected chi connectivity index (χ0v) is 13.1. The van der Waals surface area contributed by atoms with E-state index >= 15 is 0 Å². The van der Waals surface area contributed by atoms with Crippen LogP contribution in [0.5, 0.6) is 0 Å². The molecule has 0 aliphatic rings. The second kappa shape index (κ2) is 7.11. The number of amides is 1. The summed E-state index contributed by atoms with van der Waals surface area (Å²) in [5.41, 5.74) is -0.157. The summed E-state index contributed by atoms with van der Waals surface area (Å²) in [5.74, 6) is -2.07. The van der Waals surface area contributed by atoms with Gasteiger partial charge in [-0.1, -0.05) is 55.1 Å². The molecule has 1 heterocycles. The Bertz CT molecular complexity index is 537. The zero-order chi connectivity index (χ0) is 15.4. The fraction of sp³-hybridized carbons (Fsp3) is 0.417. The molecule has 0 radical (unpaired) electrons. The van der Waals surface area contributed by atoms with E-state index in [1.807, 2.05) is 6.92 Å². The molecular formula is C12H13Cl3N2O3. The number of halogens is 3. The third-order valence-electron chi connectivity index (χ3n) is 2.90. The summed E-state index contributed by atoms with van der Waals surface area (Å²) in [6.07, 6.45) is 1.78. The molecule has 0 saturated carbocycles. The van der Waals surface area contributed by atoms with Crippen LogP contribution < -0.4 is 5.32 Å². The van der Waals surface area contributed by atoms with Gasteiger partial charge in [0.05, 0.1) is 15.1 Å². The monoisotopic (exact) mass is 338 g/mol. The molecule has 2 N–H and O–H groups in total. The van der Waals surface area contributed by atoms with Crippen molar-refractivity contribution in [2.24, 2.45) is 5.92 Å². The normalized spacial score (nSPS) is 13.7. The molecule has 0 bridgehead atoms. The molecule has 0 unspecified atom stereocenters. The van der Waals surface area contributed by atoms with Gasteiger partial charge in [0.2, 0.25) is 0 Å². The van der Waals surface area contributed by atoms with Crippen molar-refractivity contribution in [3.05, 3.63) is 27.0 Å². The minimum atomic E-state index is -1.12. The van der Waals surface area contributed by atoms with E-state index in [1.54, 1.807) is 6.92 Å². The summed E-state index contributed by atoms with van der Waals surface area (Å²) in [4.78, 5) is 27.0. The molecule has 0 aliphatic heterocycles. The number of carbonyl (C=O) groups excluding carboxylic acids is 1. The molecule has 5 nitrogen and oxygen atoms in total. The van der Waals surface area contributed by atoms with Gasteiger partial charge in [-0.3, -0.25) is 4.79 Å². The van der Waals surface area contributed by atoms with Gasteiger partial charge in [0.1, 0.15) is 11.7 Å². The Hall–Kier alpha value is -1.04. The standard InChI is InChI=1S/C12H13Cl3N2O3/c1-3-5(2)9(12(19)20)17-11(18)10-8(15)7(14)6(13)4-16-10/h4-5,9H,3H2,1-2H3,(H,17,18)(H,19,20)/t5-,9-/m0/s1. The second-order valence-corrected chi connectivity index (χ2v) is 5.42. The summed E-state index contributed by atoms with van der Waals surface area (Å²) in [6, 6.07) is -1.03. The van der Waals surface area contributed by atoms with Crippen LogP contribution in [0, 0.1) is 5.92 Å². The van der Waals surface area contributed by atoms with Gasteiger partial charge >= 0.3 is 5.97 Å². The van der Waals surface area contributed by atoms with Crippen molar-refractivity contribution in [3.8, 4) is 0 Å². The molecule has 0 aromatic carbocycles. The van der Waals surface area contributed by atoms with E-state index in [9.17, 15) is 9.59 Å². The Morgan fingerprint density at radius 1 is 1.35 bits per heavy atom. The molecule has 20 heavy (non-hydrogen) atoms. The molecular weight excluding hydrogens is 327 g/mol. The van der Waals surface area contributed by atoms with Crippen LogP contribution >= 0.6 is 34.8 Å². The Balaban J connectivity index is 3.01. The molecule has 0 fully saturated rings. The lowest BCUT2D eigenvalue weighted by Gasteiger charge is -2.20. The van der Waals surface area contributed by atoms with Crippen LogP contribution in [0.4, 0.5) is 0 Å². The van der Waals surface area contributed by atoms with Crippen LogP contribution in [-0.4, -0.2) is 28.0 Å². The number of aromatic nitrogens is 1. The maximum Gasteiger partial charge on any atom is 0.326 e. The van der Waals surface area contributed by atoms with Crippen molar-refractivity contribution in [1.82, 2.24) is 10.3 Å². The Labute approximate surface area is 131 Å². The molecule has 2 atom stereocenters. The van der Waals surface area contributed by atoms with Crippen LogP contribution in [0.15, 0.2) is 6.20 Å². The molecule has 0 saturated heterocycles. The fourth-order valence-electron chi connectivity index (χ4n) is 1.49. The van der Waals surface area contributed by atoms with Crippen molar-refractivity contribution in [3.63, 3.8) is 0 Å². The summed E-state index contributed by atoms with van der Waals surface area (Å²) in [7, 11) is 0. The average molecular weight is 340 g/mol. The average Bonchev–Trinajstić information content (AvgIpc) is 2.40. The van der Waals surface area contributed by atoms with Crippen molar-refractivity contribution in [2.75, 3.05) is 0 Å². The third kappa shape index (κ3) is 3.75. The third-order valence-corrected chi connectivity index (χ3v) is 4.14. The van der Waals surface area contributed by atoms with Gasteiger partial charge in [-0.05, 0) is 5.92 Å². The number of nitrogens with one attached hydrogen (secondary N) is 1. The lowest BCUT2D eigenvalue weighted by molar-refractivity contribution is -0.140. The van der Waals surface area contributed by atoms with E-state index in [2.05, 4.69) is 10.3 Å².